The van der Waals surface area contributed by atoms with Crippen LogP contribution in [0.25, 0.3) is 0 Å². The molecule has 0 aliphatic heterocycles. The number of hydrogen-bond acceptors (Lipinski definition) is 2. The van der Waals surface area contributed by atoms with Crippen molar-refractivity contribution < 1.29 is 13.9 Å². The number of halogens is 2. The summed E-state index contributed by atoms with van der Waals surface area (Å²) in [7, 11) is 0. The first-order valence-electron chi connectivity index (χ1n) is 3.62. The normalized spacial score (nSPS) is 12.5. The minimum absolute atomic E-state index is 0.239. The Kier molecular flexibility index (Phi) is 2.63. The zero-order valence-corrected chi connectivity index (χ0v) is 6.80. The van der Waals surface area contributed by atoms with Gasteiger partial charge < -0.3 is 10.8 Å². The highest BCUT2D eigenvalue weighted by Gasteiger charge is 2.11. The number of aromatic hydroxyl groups is 1. The van der Waals surface area contributed by atoms with Crippen LogP contribution in [0.2, 0.25) is 0 Å². The third kappa shape index (κ3) is 1.84. The molecule has 4 heteroatoms. The summed E-state index contributed by atoms with van der Waals surface area (Å²) in [4.78, 5) is 0. The molecule has 0 unspecified atom stereocenters. The highest BCUT2D eigenvalue weighted by atomic mass is 19.1. The molecule has 0 aliphatic rings. The fourth-order valence-corrected chi connectivity index (χ4v) is 0.914. The highest BCUT2D eigenvalue weighted by Crippen LogP contribution is 2.24. The smallest absolute Gasteiger partial charge is 0.187 e. The lowest BCUT2D eigenvalue weighted by Gasteiger charge is -2.07. The summed E-state index contributed by atoms with van der Waals surface area (Å²) in [5.74, 6) is -3.03. The van der Waals surface area contributed by atoms with Crippen LogP contribution >= 0.6 is 0 Å². The molecule has 1 aromatic carbocycles. The van der Waals surface area contributed by atoms with Crippen molar-refractivity contribution in [2.75, 3.05) is 0 Å². The second kappa shape index (κ2) is 3.53. The van der Waals surface area contributed by atoms with Crippen LogP contribution in [-0.4, -0.2) is 5.11 Å². The van der Waals surface area contributed by atoms with Gasteiger partial charge in [0.2, 0.25) is 0 Å². The van der Waals surface area contributed by atoms with Crippen molar-refractivity contribution in [1.29, 1.82) is 0 Å². The SMILES string of the molecule is C=C[C@@H](N)c1cc(F)c(O)c(F)c1. The van der Waals surface area contributed by atoms with Crippen molar-refractivity contribution in [3.63, 3.8) is 0 Å². The fourth-order valence-electron chi connectivity index (χ4n) is 0.914. The Morgan fingerprint density at radius 2 is 1.85 bits per heavy atom. The van der Waals surface area contributed by atoms with Crippen LogP contribution in [0.4, 0.5) is 8.78 Å². The largest absolute Gasteiger partial charge is 0.503 e. The van der Waals surface area contributed by atoms with Gasteiger partial charge in [0.1, 0.15) is 0 Å². The minimum atomic E-state index is -1.02. The van der Waals surface area contributed by atoms with Gasteiger partial charge in [-0.2, -0.15) is 0 Å². The van der Waals surface area contributed by atoms with E-state index in [1.807, 2.05) is 0 Å². The van der Waals surface area contributed by atoms with Crippen molar-refractivity contribution in [1.82, 2.24) is 0 Å². The van der Waals surface area contributed by atoms with Gasteiger partial charge in [-0.1, -0.05) is 6.08 Å². The molecule has 1 aromatic rings. The number of phenolic OH excluding ortho intramolecular Hbond substituents is 1. The van der Waals surface area contributed by atoms with E-state index in [0.717, 1.165) is 12.1 Å². The third-order valence-corrected chi connectivity index (χ3v) is 1.68. The molecule has 0 aromatic heterocycles. The summed E-state index contributed by atoms with van der Waals surface area (Å²) in [6.45, 7) is 3.39. The lowest BCUT2D eigenvalue weighted by Crippen LogP contribution is -2.07. The van der Waals surface area contributed by atoms with Crippen molar-refractivity contribution in [2.45, 2.75) is 6.04 Å². The van der Waals surface area contributed by atoms with E-state index in [-0.39, 0.29) is 5.56 Å². The number of nitrogens with two attached hydrogens (primary N) is 1. The Morgan fingerprint density at radius 1 is 1.38 bits per heavy atom. The zero-order chi connectivity index (χ0) is 10.0. The molecule has 2 nitrogen and oxygen atoms in total. The van der Waals surface area contributed by atoms with Gasteiger partial charge in [-0.15, -0.1) is 6.58 Å². The first kappa shape index (κ1) is 9.67. The monoisotopic (exact) mass is 185 g/mol. The van der Waals surface area contributed by atoms with Gasteiger partial charge >= 0.3 is 0 Å². The molecular weight excluding hydrogens is 176 g/mol. The van der Waals surface area contributed by atoms with E-state index >= 15 is 0 Å². The van der Waals surface area contributed by atoms with Crippen LogP contribution < -0.4 is 5.73 Å². The van der Waals surface area contributed by atoms with E-state index in [9.17, 15) is 8.78 Å². The van der Waals surface area contributed by atoms with E-state index in [1.165, 1.54) is 6.08 Å². The number of hydrogen-bond donors (Lipinski definition) is 2. The molecule has 0 radical (unpaired) electrons. The molecule has 0 aliphatic carbocycles. The maximum atomic E-state index is 12.8. The topological polar surface area (TPSA) is 46.2 Å². The molecule has 3 N–H and O–H groups in total. The van der Waals surface area contributed by atoms with E-state index in [0.29, 0.717) is 0 Å². The summed E-state index contributed by atoms with van der Waals surface area (Å²) in [5.41, 5.74) is 5.69. The molecule has 0 saturated carbocycles. The molecule has 13 heavy (non-hydrogen) atoms. The van der Waals surface area contributed by atoms with Crippen LogP contribution in [0.5, 0.6) is 5.75 Å². The van der Waals surface area contributed by atoms with Crippen LogP contribution in [0.1, 0.15) is 11.6 Å². The second-order valence-electron chi connectivity index (χ2n) is 2.59. The first-order valence-corrected chi connectivity index (χ1v) is 3.62. The average molecular weight is 185 g/mol. The van der Waals surface area contributed by atoms with Crippen LogP contribution in [-0.2, 0) is 0 Å². The first-order chi connectivity index (χ1) is 6.06. The van der Waals surface area contributed by atoms with Gasteiger partial charge in [0.05, 0.1) is 0 Å². The lowest BCUT2D eigenvalue weighted by atomic mass is 10.1. The third-order valence-electron chi connectivity index (χ3n) is 1.68. The Morgan fingerprint density at radius 3 is 2.23 bits per heavy atom. The van der Waals surface area contributed by atoms with Crippen LogP contribution in [0, 0.1) is 11.6 Å². The number of rotatable bonds is 2. The van der Waals surface area contributed by atoms with Gasteiger partial charge in [-0.3, -0.25) is 0 Å². The second-order valence-corrected chi connectivity index (χ2v) is 2.59. The van der Waals surface area contributed by atoms with E-state index in [4.69, 9.17) is 10.8 Å². The summed E-state index contributed by atoms with van der Waals surface area (Å²) in [6, 6.07) is 1.32. The molecule has 0 bridgehead atoms. The van der Waals surface area contributed by atoms with Gasteiger partial charge in [0, 0.05) is 6.04 Å². The molecular formula is C9H9F2NO. The van der Waals surface area contributed by atoms with Gasteiger partial charge in [0.15, 0.2) is 17.4 Å². The summed E-state index contributed by atoms with van der Waals surface area (Å²) in [5, 5.41) is 8.77. The van der Waals surface area contributed by atoms with E-state index in [2.05, 4.69) is 6.58 Å². The molecule has 0 heterocycles. The van der Waals surface area contributed by atoms with Crippen LogP contribution in [0.3, 0.4) is 0 Å². The number of phenols is 1. The highest BCUT2D eigenvalue weighted by molar-refractivity contribution is 5.32. The molecule has 0 saturated heterocycles. The standard InChI is InChI=1S/C9H9F2NO/c1-2-8(12)5-3-6(10)9(13)7(11)4-5/h2-4,8,13H,1,12H2/t8-/m1/s1. The Bertz CT molecular complexity index is 315. The maximum absolute atomic E-state index is 12.8. The Labute approximate surface area is 74.3 Å². The average Bonchev–Trinajstić information content (AvgIpc) is 2.12. The van der Waals surface area contributed by atoms with Gasteiger partial charge in [-0.05, 0) is 17.7 Å². The van der Waals surface area contributed by atoms with Crippen molar-refractivity contribution >= 4 is 0 Å². The van der Waals surface area contributed by atoms with Gasteiger partial charge in [-0.25, -0.2) is 8.78 Å². The molecule has 70 valence electrons. The van der Waals surface area contributed by atoms with Crippen molar-refractivity contribution in [2.24, 2.45) is 5.73 Å². The maximum Gasteiger partial charge on any atom is 0.187 e. The zero-order valence-electron chi connectivity index (χ0n) is 6.80. The molecule has 1 rings (SSSR count). The molecule has 0 spiro atoms. The fraction of sp³-hybridized carbons (Fsp3) is 0.111. The lowest BCUT2D eigenvalue weighted by molar-refractivity contribution is 0.395. The summed E-state index contributed by atoms with van der Waals surface area (Å²) in [6.07, 6.45) is 1.35. The number of benzene rings is 1. The summed E-state index contributed by atoms with van der Waals surface area (Å²) >= 11 is 0. The molecule has 0 fully saturated rings. The minimum Gasteiger partial charge on any atom is -0.503 e. The van der Waals surface area contributed by atoms with Crippen molar-refractivity contribution in [3.8, 4) is 5.75 Å². The van der Waals surface area contributed by atoms with Crippen LogP contribution in [0.15, 0.2) is 24.8 Å². The van der Waals surface area contributed by atoms with E-state index < -0.39 is 23.4 Å². The van der Waals surface area contributed by atoms with Crippen molar-refractivity contribution in [3.05, 3.63) is 42.0 Å². The predicted molar refractivity (Wildman–Crippen MR) is 45.1 cm³/mol. The molecule has 1 atom stereocenters. The van der Waals surface area contributed by atoms with Gasteiger partial charge in [0.25, 0.3) is 0 Å². The predicted octanol–water partition coefficient (Wildman–Crippen LogP) is 1.86. The summed E-state index contributed by atoms with van der Waals surface area (Å²) < 4.78 is 25.5. The molecule has 0 amide bonds. The quantitative estimate of drug-likeness (QED) is 0.691. The Balaban J connectivity index is 3.20. The Hall–Kier alpha value is -1.42. The van der Waals surface area contributed by atoms with E-state index in [1.54, 1.807) is 0 Å².